The third-order valence-electron chi connectivity index (χ3n) is 4.27. The molecule has 5 amide bonds. The van der Waals surface area contributed by atoms with E-state index in [0.717, 1.165) is 0 Å². The number of hydrogen-bond acceptors (Lipinski definition) is 4. The molecule has 0 spiro atoms. The molecule has 0 aromatic heterocycles. The van der Waals surface area contributed by atoms with E-state index in [4.69, 9.17) is 5.73 Å². The van der Waals surface area contributed by atoms with E-state index >= 15 is 0 Å². The van der Waals surface area contributed by atoms with E-state index in [2.05, 4.69) is 16.0 Å². The number of carbonyl (C=O) groups is 4. The molecule has 0 saturated carbocycles. The van der Waals surface area contributed by atoms with E-state index < -0.39 is 36.0 Å². The van der Waals surface area contributed by atoms with Crippen LogP contribution in [-0.2, 0) is 14.4 Å². The van der Waals surface area contributed by atoms with Crippen molar-refractivity contribution in [3.05, 3.63) is 0 Å². The summed E-state index contributed by atoms with van der Waals surface area (Å²) in [6.45, 7) is 4.53. The van der Waals surface area contributed by atoms with Crippen LogP contribution in [0.25, 0.3) is 0 Å². The summed E-state index contributed by atoms with van der Waals surface area (Å²) in [7, 11) is 0. The minimum Gasteiger partial charge on any atom is -0.368 e. The Labute approximate surface area is 140 Å². The molecule has 2 saturated heterocycles. The van der Waals surface area contributed by atoms with Crippen molar-refractivity contribution >= 4 is 23.8 Å². The maximum atomic E-state index is 12.8. The van der Waals surface area contributed by atoms with Crippen molar-refractivity contribution in [2.24, 2.45) is 11.7 Å². The Hall–Kier alpha value is -2.32. The number of hydrogen-bond donors (Lipinski definition) is 4. The van der Waals surface area contributed by atoms with Crippen molar-refractivity contribution in [2.45, 2.75) is 51.2 Å². The van der Waals surface area contributed by atoms with Crippen LogP contribution >= 0.6 is 0 Å². The lowest BCUT2D eigenvalue weighted by Gasteiger charge is -2.29. The van der Waals surface area contributed by atoms with Gasteiger partial charge in [0.05, 0.1) is 0 Å². The molecular formula is C15H25N5O4. The lowest BCUT2D eigenvalue weighted by molar-refractivity contribution is -0.141. The first-order valence-electron chi connectivity index (χ1n) is 8.24. The van der Waals surface area contributed by atoms with Crippen LogP contribution in [-0.4, -0.2) is 59.9 Å². The van der Waals surface area contributed by atoms with E-state index in [-0.39, 0.29) is 18.4 Å². The second kappa shape index (κ2) is 7.50. The van der Waals surface area contributed by atoms with Crippen LogP contribution in [0.1, 0.15) is 33.1 Å². The maximum absolute atomic E-state index is 12.8. The van der Waals surface area contributed by atoms with Gasteiger partial charge >= 0.3 is 6.03 Å². The molecule has 134 valence electrons. The summed E-state index contributed by atoms with van der Waals surface area (Å²) in [5.41, 5.74) is 5.37. The predicted octanol–water partition coefficient (Wildman–Crippen LogP) is -1.32. The number of nitrogens with one attached hydrogen (secondary N) is 3. The fourth-order valence-corrected chi connectivity index (χ4v) is 3.10. The number of urea groups is 1. The zero-order valence-electron chi connectivity index (χ0n) is 14.0. The number of nitrogens with zero attached hydrogens (tertiary/aromatic N) is 1. The minimum absolute atomic E-state index is 0.171. The number of amides is 5. The van der Waals surface area contributed by atoms with Crippen LogP contribution in [0, 0.1) is 5.92 Å². The molecule has 9 heteroatoms. The quantitative estimate of drug-likeness (QED) is 0.477. The third-order valence-corrected chi connectivity index (χ3v) is 4.27. The van der Waals surface area contributed by atoms with E-state index in [9.17, 15) is 19.2 Å². The highest BCUT2D eigenvalue weighted by molar-refractivity contribution is 5.95. The monoisotopic (exact) mass is 339 g/mol. The van der Waals surface area contributed by atoms with Gasteiger partial charge in [-0.05, 0) is 25.2 Å². The highest BCUT2D eigenvalue weighted by Gasteiger charge is 2.38. The molecule has 0 aliphatic carbocycles. The van der Waals surface area contributed by atoms with Gasteiger partial charge < -0.3 is 26.6 Å². The van der Waals surface area contributed by atoms with E-state index in [1.165, 1.54) is 4.90 Å². The molecule has 0 bridgehead atoms. The number of primary amides is 1. The molecule has 2 aliphatic heterocycles. The molecule has 0 unspecified atom stereocenters. The smallest absolute Gasteiger partial charge is 0.315 e. The van der Waals surface area contributed by atoms with Crippen molar-refractivity contribution in [1.82, 2.24) is 20.9 Å². The average Bonchev–Trinajstić information content (AvgIpc) is 3.13. The van der Waals surface area contributed by atoms with Crippen LogP contribution in [0.2, 0.25) is 0 Å². The van der Waals surface area contributed by atoms with Gasteiger partial charge in [-0.1, -0.05) is 13.8 Å². The molecule has 2 aliphatic rings. The Bertz CT molecular complexity index is 536. The standard InChI is InChI=1S/C15H25N5O4/c1-8(2)6-9(18-13(22)10-7-17-15(24)19-10)14(23)20-5-3-4-11(20)12(16)21/h8-11H,3-7H2,1-2H3,(H2,16,21)(H,18,22)(H2,17,19,24)/t9-,10-,11-/m0/s1. The topological polar surface area (TPSA) is 134 Å². The lowest BCUT2D eigenvalue weighted by Crippen LogP contribution is -2.56. The minimum atomic E-state index is -0.741. The molecule has 2 fully saturated rings. The fraction of sp³-hybridized carbons (Fsp3) is 0.733. The first-order valence-corrected chi connectivity index (χ1v) is 8.24. The van der Waals surface area contributed by atoms with Crippen LogP contribution < -0.4 is 21.7 Å². The predicted molar refractivity (Wildman–Crippen MR) is 85.6 cm³/mol. The molecular weight excluding hydrogens is 314 g/mol. The molecule has 3 atom stereocenters. The van der Waals surface area contributed by atoms with Crippen molar-refractivity contribution in [2.75, 3.05) is 13.1 Å². The number of nitrogens with two attached hydrogens (primary N) is 1. The summed E-state index contributed by atoms with van der Waals surface area (Å²) in [4.78, 5) is 49.2. The number of carbonyl (C=O) groups excluding carboxylic acids is 4. The van der Waals surface area contributed by atoms with E-state index in [1.807, 2.05) is 13.8 Å². The second-order valence-corrected chi connectivity index (χ2v) is 6.69. The maximum Gasteiger partial charge on any atom is 0.315 e. The Morgan fingerprint density at radius 3 is 2.62 bits per heavy atom. The largest absolute Gasteiger partial charge is 0.368 e. The van der Waals surface area contributed by atoms with Crippen molar-refractivity contribution in [1.29, 1.82) is 0 Å². The van der Waals surface area contributed by atoms with Gasteiger partial charge in [-0.15, -0.1) is 0 Å². The van der Waals surface area contributed by atoms with E-state index in [1.54, 1.807) is 0 Å². The summed E-state index contributed by atoms with van der Waals surface area (Å²) >= 11 is 0. The van der Waals surface area contributed by atoms with Crippen molar-refractivity contribution < 1.29 is 19.2 Å². The van der Waals surface area contributed by atoms with Gasteiger partial charge in [0.15, 0.2) is 0 Å². The van der Waals surface area contributed by atoms with Gasteiger partial charge in [0.2, 0.25) is 17.7 Å². The summed E-state index contributed by atoms with van der Waals surface area (Å²) in [5, 5.41) is 7.70. The third kappa shape index (κ3) is 4.15. The van der Waals surface area contributed by atoms with E-state index in [0.29, 0.717) is 25.8 Å². The normalized spacial score (nSPS) is 24.5. The summed E-state index contributed by atoms with van der Waals surface area (Å²) in [6, 6.07) is -2.47. The SMILES string of the molecule is CC(C)C[C@H](NC(=O)[C@@H]1CNC(=O)N1)C(=O)N1CCC[C@H]1C(N)=O. The van der Waals surface area contributed by atoms with Gasteiger partial charge in [-0.25, -0.2) is 4.79 Å². The van der Waals surface area contributed by atoms with Gasteiger partial charge in [-0.3, -0.25) is 14.4 Å². The molecule has 0 aromatic carbocycles. The Balaban J connectivity index is 2.06. The van der Waals surface area contributed by atoms with Crippen LogP contribution in [0.15, 0.2) is 0 Å². The van der Waals surface area contributed by atoms with Gasteiger partial charge in [0.25, 0.3) is 0 Å². The summed E-state index contributed by atoms with van der Waals surface area (Å²) < 4.78 is 0. The average molecular weight is 339 g/mol. The Morgan fingerprint density at radius 1 is 1.38 bits per heavy atom. The lowest BCUT2D eigenvalue weighted by atomic mass is 10.0. The molecule has 5 N–H and O–H groups in total. The van der Waals surface area contributed by atoms with Gasteiger partial charge in [0, 0.05) is 13.1 Å². The van der Waals surface area contributed by atoms with Gasteiger partial charge in [0.1, 0.15) is 18.1 Å². The number of likely N-dealkylation sites (tertiary alicyclic amines) is 1. The number of rotatable bonds is 6. The van der Waals surface area contributed by atoms with Crippen LogP contribution in [0.5, 0.6) is 0 Å². The highest BCUT2D eigenvalue weighted by atomic mass is 16.2. The fourth-order valence-electron chi connectivity index (χ4n) is 3.10. The summed E-state index contributed by atoms with van der Waals surface area (Å²) in [6.07, 6.45) is 1.71. The van der Waals surface area contributed by atoms with Crippen molar-refractivity contribution in [3.63, 3.8) is 0 Å². The highest BCUT2D eigenvalue weighted by Crippen LogP contribution is 2.20. The Morgan fingerprint density at radius 2 is 2.08 bits per heavy atom. The zero-order valence-corrected chi connectivity index (χ0v) is 14.0. The Kier molecular flexibility index (Phi) is 5.63. The molecule has 2 rings (SSSR count). The first-order chi connectivity index (χ1) is 11.3. The molecule has 9 nitrogen and oxygen atoms in total. The molecule has 2 heterocycles. The second-order valence-electron chi connectivity index (χ2n) is 6.69. The molecule has 0 radical (unpaired) electrons. The summed E-state index contributed by atoms with van der Waals surface area (Å²) in [5.74, 6) is -1.06. The van der Waals surface area contributed by atoms with Crippen LogP contribution in [0.3, 0.4) is 0 Å². The van der Waals surface area contributed by atoms with Gasteiger partial charge in [-0.2, -0.15) is 0 Å². The zero-order chi connectivity index (χ0) is 17.9. The van der Waals surface area contributed by atoms with Crippen molar-refractivity contribution in [3.8, 4) is 0 Å². The molecule has 24 heavy (non-hydrogen) atoms. The van der Waals surface area contributed by atoms with Crippen LogP contribution in [0.4, 0.5) is 4.79 Å². The molecule has 0 aromatic rings. The first kappa shape index (κ1) is 18.0.